The van der Waals surface area contributed by atoms with Gasteiger partial charge in [0.2, 0.25) is 0 Å². The summed E-state index contributed by atoms with van der Waals surface area (Å²) in [7, 11) is -1.61. The largest absolute Gasteiger partial charge is 0.488 e. The number of nitrogens with zero attached hydrogens (tertiary/aromatic N) is 1. The zero-order valence-corrected chi connectivity index (χ0v) is 9.93. The third-order valence-electron chi connectivity index (χ3n) is 3.19. The molecule has 1 unspecified atom stereocenters. The highest BCUT2D eigenvalue weighted by Gasteiger charge is 2.20. The van der Waals surface area contributed by atoms with E-state index < -0.39 is 12.9 Å². The van der Waals surface area contributed by atoms with E-state index in [1.54, 1.807) is 6.07 Å². The predicted octanol–water partition coefficient (Wildman–Crippen LogP) is 0.347. The van der Waals surface area contributed by atoms with Crippen LogP contribution in [0.2, 0.25) is 0 Å². The third-order valence-corrected chi connectivity index (χ3v) is 3.19. The Hall–Kier alpha value is -0.905. The summed E-state index contributed by atoms with van der Waals surface area (Å²) in [4.78, 5) is 2.26. The lowest BCUT2D eigenvalue weighted by Gasteiger charge is -2.16. The van der Waals surface area contributed by atoms with Gasteiger partial charge in [0.25, 0.3) is 0 Å². The van der Waals surface area contributed by atoms with Crippen LogP contribution >= 0.6 is 0 Å². The summed E-state index contributed by atoms with van der Waals surface area (Å²) >= 11 is 0. The van der Waals surface area contributed by atoms with Crippen LogP contribution in [0.1, 0.15) is 18.9 Å². The van der Waals surface area contributed by atoms with Gasteiger partial charge in [0, 0.05) is 13.1 Å². The molecule has 1 atom stereocenters. The molecule has 0 aliphatic carbocycles. The molecule has 1 heterocycles. The summed E-state index contributed by atoms with van der Waals surface area (Å²) in [6, 6.07) is 4.26. The highest BCUT2D eigenvalue weighted by molar-refractivity contribution is 6.58. The lowest BCUT2D eigenvalue weighted by molar-refractivity contribution is 0.320. The molecule has 0 amide bonds. The standard InChI is InChI=1S/C12H17BFNO2/c1-9-2-3-15(7-9)8-10-4-11(13(16)17)6-12(14)5-10/h4-6,9,16-17H,2-3,7-8H2,1H3. The maximum Gasteiger partial charge on any atom is 0.488 e. The SMILES string of the molecule is CC1CCN(Cc2cc(F)cc(B(O)O)c2)C1. The Balaban J connectivity index is 2.10. The van der Waals surface area contributed by atoms with E-state index in [9.17, 15) is 4.39 Å². The van der Waals surface area contributed by atoms with Crippen molar-refractivity contribution < 1.29 is 14.4 Å². The van der Waals surface area contributed by atoms with Crippen LogP contribution in [-0.2, 0) is 6.54 Å². The summed E-state index contributed by atoms with van der Waals surface area (Å²) in [5.41, 5.74) is 1.01. The highest BCUT2D eigenvalue weighted by atomic mass is 19.1. The fourth-order valence-corrected chi connectivity index (χ4v) is 2.34. The minimum absolute atomic E-state index is 0.215. The van der Waals surface area contributed by atoms with Crippen molar-refractivity contribution in [2.24, 2.45) is 5.92 Å². The quantitative estimate of drug-likeness (QED) is 0.745. The molecule has 1 fully saturated rings. The van der Waals surface area contributed by atoms with Crippen LogP contribution in [0.5, 0.6) is 0 Å². The van der Waals surface area contributed by atoms with Crippen LogP contribution in [0.25, 0.3) is 0 Å². The average molecular weight is 237 g/mol. The monoisotopic (exact) mass is 237 g/mol. The normalized spacial score (nSPS) is 20.8. The van der Waals surface area contributed by atoms with Crippen molar-refractivity contribution in [3.8, 4) is 0 Å². The molecule has 0 radical (unpaired) electrons. The number of rotatable bonds is 3. The van der Waals surface area contributed by atoms with E-state index in [4.69, 9.17) is 10.0 Å². The lowest BCUT2D eigenvalue weighted by Crippen LogP contribution is -2.31. The Morgan fingerprint density at radius 3 is 2.76 bits per heavy atom. The summed E-state index contributed by atoms with van der Waals surface area (Å²) in [5, 5.41) is 18.1. The van der Waals surface area contributed by atoms with Gasteiger partial charge in [-0.1, -0.05) is 13.0 Å². The molecule has 0 bridgehead atoms. The van der Waals surface area contributed by atoms with Gasteiger partial charge in [-0.2, -0.15) is 0 Å². The second kappa shape index (κ2) is 5.17. The molecule has 92 valence electrons. The molecular formula is C12H17BFNO2. The molecule has 5 heteroatoms. The molecule has 17 heavy (non-hydrogen) atoms. The van der Waals surface area contributed by atoms with Crippen molar-refractivity contribution in [1.82, 2.24) is 4.90 Å². The first-order valence-corrected chi connectivity index (χ1v) is 5.92. The van der Waals surface area contributed by atoms with E-state index in [0.717, 1.165) is 24.7 Å². The van der Waals surface area contributed by atoms with Crippen molar-refractivity contribution in [3.63, 3.8) is 0 Å². The topological polar surface area (TPSA) is 43.7 Å². The first-order chi connectivity index (χ1) is 8.04. The van der Waals surface area contributed by atoms with Crippen molar-refractivity contribution in [1.29, 1.82) is 0 Å². The minimum atomic E-state index is -1.61. The molecule has 0 spiro atoms. The van der Waals surface area contributed by atoms with Gasteiger partial charge < -0.3 is 10.0 Å². The molecule has 2 rings (SSSR count). The van der Waals surface area contributed by atoms with Crippen LogP contribution in [0.4, 0.5) is 4.39 Å². The Kier molecular flexibility index (Phi) is 3.81. The Morgan fingerprint density at radius 2 is 2.18 bits per heavy atom. The first kappa shape index (κ1) is 12.5. The number of hydrogen-bond donors (Lipinski definition) is 2. The van der Waals surface area contributed by atoms with Crippen LogP contribution in [-0.4, -0.2) is 35.2 Å². The van der Waals surface area contributed by atoms with Crippen molar-refractivity contribution >= 4 is 12.6 Å². The van der Waals surface area contributed by atoms with Crippen LogP contribution < -0.4 is 5.46 Å². The fraction of sp³-hybridized carbons (Fsp3) is 0.500. The second-order valence-corrected chi connectivity index (χ2v) is 4.90. The van der Waals surface area contributed by atoms with Gasteiger partial charge in [-0.15, -0.1) is 0 Å². The number of halogens is 1. The minimum Gasteiger partial charge on any atom is -0.423 e. The summed E-state index contributed by atoms with van der Waals surface area (Å²) in [6.07, 6.45) is 1.17. The molecule has 1 aliphatic rings. The molecule has 1 aromatic rings. The van der Waals surface area contributed by atoms with Crippen LogP contribution in [0.3, 0.4) is 0 Å². The van der Waals surface area contributed by atoms with E-state index in [2.05, 4.69) is 11.8 Å². The molecule has 0 saturated carbocycles. The second-order valence-electron chi connectivity index (χ2n) is 4.90. The van der Waals surface area contributed by atoms with Crippen molar-refractivity contribution in [2.75, 3.05) is 13.1 Å². The zero-order chi connectivity index (χ0) is 12.4. The molecular weight excluding hydrogens is 220 g/mol. The van der Waals surface area contributed by atoms with Gasteiger partial charge in [-0.3, -0.25) is 4.90 Å². The summed E-state index contributed by atoms with van der Waals surface area (Å²) in [5.74, 6) is 0.268. The number of likely N-dealkylation sites (tertiary alicyclic amines) is 1. The summed E-state index contributed by atoms with van der Waals surface area (Å²) < 4.78 is 13.3. The zero-order valence-electron chi connectivity index (χ0n) is 9.93. The van der Waals surface area contributed by atoms with E-state index in [1.165, 1.54) is 12.5 Å². The van der Waals surface area contributed by atoms with Gasteiger partial charge in [0.05, 0.1) is 0 Å². The van der Waals surface area contributed by atoms with Crippen LogP contribution in [0.15, 0.2) is 18.2 Å². The molecule has 1 aromatic carbocycles. The van der Waals surface area contributed by atoms with E-state index >= 15 is 0 Å². The smallest absolute Gasteiger partial charge is 0.423 e. The Labute approximate surface area is 101 Å². The molecule has 1 saturated heterocycles. The van der Waals surface area contributed by atoms with Crippen molar-refractivity contribution in [3.05, 3.63) is 29.6 Å². The van der Waals surface area contributed by atoms with Crippen LogP contribution in [0, 0.1) is 11.7 Å². The maximum atomic E-state index is 13.3. The van der Waals surface area contributed by atoms with Gasteiger partial charge >= 0.3 is 7.12 Å². The molecule has 2 N–H and O–H groups in total. The Bertz CT molecular complexity index is 400. The van der Waals surface area contributed by atoms with E-state index in [-0.39, 0.29) is 5.46 Å². The highest BCUT2D eigenvalue weighted by Crippen LogP contribution is 2.17. The Morgan fingerprint density at radius 1 is 1.41 bits per heavy atom. The van der Waals surface area contributed by atoms with Gasteiger partial charge in [0.1, 0.15) is 5.82 Å². The van der Waals surface area contributed by atoms with Gasteiger partial charge in [0.15, 0.2) is 0 Å². The lowest BCUT2D eigenvalue weighted by atomic mass is 9.79. The number of hydrogen-bond acceptors (Lipinski definition) is 3. The summed E-state index contributed by atoms with van der Waals surface area (Å²) in [6.45, 7) is 4.92. The molecule has 0 aromatic heterocycles. The predicted molar refractivity (Wildman–Crippen MR) is 65.3 cm³/mol. The third kappa shape index (κ3) is 3.28. The molecule has 1 aliphatic heterocycles. The molecule has 3 nitrogen and oxygen atoms in total. The van der Waals surface area contributed by atoms with E-state index in [0.29, 0.717) is 12.5 Å². The van der Waals surface area contributed by atoms with Gasteiger partial charge in [-0.25, -0.2) is 4.39 Å². The first-order valence-electron chi connectivity index (χ1n) is 5.92. The van der Waals surface area contributed by atoms with Crippen molar-refractivity contribution in [2.45, 2.75) is 19.9 Å². The maximum absolute atomic E-state index is 13.3. The van der Waals surface area contributed by atoms with Gasteiger partial charge in [-0.05, 0) is 42.0 Å². The van der Waals surface area contributed by atoms with E-state index in [1.807, 2.05) is 0 Å². The fourth-order valence-electron chi connectivity index (χ4n) is 2.34. The average Bonchev–Trinajstić information content (AvgIpc) is 2.63. The number of benzene rings is 1.